The van der Waals surface area contributed by atoms with Gasteiger partial charge in [0.1, 0.15) is 0 Å². The Morgan fingerprint density at radius 3 is 2.11 bits per heavy atom. The van der Waals surface area contributed by atoms with Crippen molar-refractivity contribution in [2.24, 2.45) is 0 Å². The van der Waals surface area contributed by atoms with Gasteiger partial charge in [0.25, 0.3) is 0 Å². The van der Waals surface area contributed by atoms with Crippen LogP contribution in [0.25, 0.3) is 0 Å². The molecule has 0 saturated heterocycles. The minimum absolute atomic E-state index is 0.140. The van der Waals surface area contributed by atoms with Crippen LogP contribution < -0.4 is 0 Å². The first-order valence-electron chi connectivity index (χ1n) is 6.08. The van der Waals surface area contributed by atoms with Crippen molar-refractivity contribution < 1.29 is 33.8 Å². The summed E-state index contributed by atoms with van der Waals surface area (Å²) in [6.07, 6.45) is 3.72. The number of aliphatic carboxylic acids is 2. The maximum Gasteiger partial charge on any atom is 0.695 e. The Kier molecular flexibility index (Phi) is 8.47. The van der Waals surface area contributed by atoms with Crippen molar-refractivity contribution in [2.75, 3.05) is 0 Å². The van der Waals surface area contributed by atoms with Gasteiger partial charge in [0, 0.05) is 11.0 Å². The first-order valence-corrected chi connectivity index (χ1v) is 7.21. The molecular formula is C11H20O7P+. The molecule has 0 aromatic carbocycles. The second kappa shape index (κ2) is 8.96. The highest BCUT2D eigenvalue weighted by atomic mass is 31.1. The van der Waals surface area contributed by atoms with E-state index >= 15 is 0 Å². The Morgan fingerprint density at radius 2 is 1.63 bits per heavy atom. The van der Waals surface area contributed by atoms with Gasteiger partial charge in [0.05, 0.1) is 0 Å². The zero-order chi connectivity index (χ0) is 14.9. The predicted molar refractivity (Wildman–Crippen MR) is 66.9 cm³/mol. The van der Waals surface area contributed by atoms with E-state index in [-0.39, 0.29) is 12.8 Å². The van der Waals surface area contributed by atoms with Gasteiger partial charge in [-0.25, -0.2) is 4.79 Å². The fraction of sp³-hybridized carbons (Fsp3) is 0.818. The first kappa shape index (κ1) is 18.0. The molecule has 2 unspecified atom stereocenters. The molecule has 0 radical (unpaired) electrons. The Balaban J connectivity index is 3.85. The summed E-state index contributed by atoms with van der Waals surface area (Å²) in [5, 5.41) is 17.4. The fourth-order valence-corrected chi connectivity index (χ4v) is 2.15. The lowest BCUT2D eigenvalue weighted by Crippen LogP contribution is -2.36. The smallest absolute Gasteiger partial charge is 0.481 e. The quantitative estimate of drug-likeness (QED) is 0.395. The van der Waals surface area contributed by atoms with Crippen LogP contribution >= 0.6 is 8.25 Å². The SMILES string of the molecule is CC(CCCCCCCC(=O)O)(O[P+](=O)O)C(=O)O. The maximum absolute atomic E-state index is 11.0. The Morgan fingerprint density at radius 1 is 1.11 bits per heavy atom. The minimum Gasteiger partial charge on any atom is -0.481 e. The largest absolute Gasteiger partial charge is 0.695 e. The highest BCUT2D eigenvalue weighted by molar-refractivity contribution is 7.32. The summed E-state index contributed by atoms with van der Waals surface area (Å²) in [5.41, 5.74) is -1.65. The monoisotopic (exact) mass is 295 g/mol. The molecule has 0 fully saturated rings. The molecule has 19 heavy (non-hydrogen) atoms. The molecule has 0 aliphatic rings. The third-order valence-corrected chi connectivity index (χ3v) is 3.34. The van der Waals surface area contributed by atoms with Gasteiger partial charge in [-0.2, -0.15) is 0 Å². The summed E-state index contributed by atoms with van der Waals surface area (Å²) in [4.78, 5) is 29.9. The van der Waals surface area contributed by atoms with Crippen LogP contribution in [0.5, 0.6) is 0 Å². The maximum atomic E-state index is 11.0. The second-order valence-electron chi connectivity index (χ2n) is 4.53. The third-order valence-electron chi connectivity index (χ3n) is 2.78. The zero-order valence-electron chi connectivity index (χ0n) is 10.9. The molecule has 0 saturated carbocycles. The van der Waals surface area contributed by atoms with Gasteiger partial charge in [-0.1, -0.05) is 19.3 Å². The predicted octanol–water partition coefficient (Wildman–Crippen LogP) is 2.31. The summed E-state index contributed by atoms with van der Waals surface area (Å²) >= 11 is 0. The van der Waals surface area contributed by atoms with Crippen LogP contribution in [0.2, 0.25) is 0 Å². The summed E-state index contributed by atoms with van der Waals surface area (Å²) in [6.45, 7) is 1.27. The lowest BCUT2D eigenvalue weighted by molar-refractivity contribution is -0.154. The Hall–Kier alpha value is -1.04. The van der Waals surface area contributed by atoms with Crippen LogP contribution in [-0.4, -0.2) is 32.6 Å². The van der Waals surface area contributed by atoms with Crippen LogP contribution in [0.1, 0.15) is 51.9 Å². The molecule has 3 N–H and O–H groups in total. The standard InChI is InChI=1S/C11H19O7P/c1-11(10(14)15,18-19(16)17)8-6-4-2-3-5-7-9(12)13/h2-8H2,1H3,(H2-,12,13,14,15,16,17)/p+1. The molecule has 110 valence electrons. The van der Waals surface area contributed by atoms with Gasteiger partial charge in [0.2, 0.25) is 5.60 Å². The van der Waals surface area contributed by atoms with Gasteiger partial charge in [-0.05, 0) is 26.2 Å². The van der Waals surface area contributed by atoms with Gasteiger partial charge in [-0.3, -0.25) is 4.79 Å². The van der Waals surface area contributed by atoms with E-state index in [1.807, 2.05) is 0 Å². The lowest BCUT2D eigenvalue weighted by Gasteiger charge is -2.17. The van der Waals surface area contributed by atoms with E-state index in [4.69, 9.17) is 15.1 Å². The summed E-state index contributed by atoms with van der Waals surface area (Å²) in [5.74, 6) is -2.09. The Bertz CT molecular complexity index is 331. The molecule has 0 aliphatic heterocycles. The number of hydrogen-bond donors (Lipinski definition) is 3. The molecular weight excluding hydrogens is 275 g/mol. The van der Waals surface area contributed by atoms with Crippen molar-refractivity contribution in [1.82, 2.24) is 0 Å². The average Bonchev–Trinajstić information content (AvgIpc) is 2.26. The normalized spacial score (nSPS) is 14.7. The second-order valence-corrected chi connectivity index (χ2v) is 5.18. The molecule has 0 heterocycles. The molecule has 0 rings (SSSR count). The van der Waals surface area contributed by atoms with E-state index in [1.54, 1.807) is 0 Å². The van der Waals surface area contributed by atoms with Crippen molar-refractivity contribution in [3.8, 4) is 0 Å². The average molecular weight is 295 g/mol. The lowest BCUT2D eigenvalue weighted by atomic mass is 9.98. The Labute approximate surface area is 112 Å². The number of carboxylic acids is 2. The molecule has 0 spiro atoms. The van der Waals surface area contributed by atoms with Crippen molar-refractivity contribution in [3.05, 3.63) is 0 Å². The topological polar surface area (TPSA) is 121 Å². The van der Waals surface area contributed by atoms with E-state index < -0.39 is 25.8 Å². The summed E-state index contributed by atoms with van der Waals surface area (Å²) < 4.78 is 15.1. The molecule has 2 atom stereocenters. The van der Waals surface area contributed by atoms with Crippen molar-refractivity contribution in [1.29, 1.82) is 0 Å². The molecule has 0 aromatic rings. The van der Waals surface area contributed by atoms with Crippen LogP contribution in [0, 0.1) is 0 Å². The molecule has 0 bridgehead atoms. The highest BCUT2D eigenvalue weighted by Gasteiger charge is 2.42. The third kappa shape index (κ3) is 8.64. The first-order chi connectivity index (χ1) is 8.78. The van der Waals surface area contributed by atoms with Gasteiger partial charge < -0.3 is 10.2 Å². The van der Waals surface area contributed by atoms with Gasteiger partial charge in [0.15, 0.2) is 0 Å². The van der Waals surface area contributed by atoms with Crippen LogP contribution in [-0.2, 0) is 18.7 Å². The fourth-order valence-electron chi connectivity index (χ4n) is 1.63. The molecule has 0 amide bonds. The van der Waals surface area contributed by atoms with E-state index in [1.165, 1.54) is 6.92 Å². The highest BCUT2D eigenvalue weighted by Crippen LogP contribution is 2.30. The van der Waals surface area contributed by atoms with Crippen LogP contribution in [0.15, 0.2) is 0 Å². The van der Waals surface area contributed by atoms with E-state index in [2.05, 4.69) is 4.52 Å². The number of carboxylic acid groups (broad SMARTS) is 2. The number of hydrogen-bond acceptors (Lipinski definition) is 4. The summed E-state index contributed by atoms with van der Waals surface area (Å²) in [6, 6.07) is 0. The molecule has 0 aliphatic carbocycles. The van der Waals surface area contributed by atoms with E-state index in [9.17, 15) is 14.2 Å². The molecule has 8 heteroatoms. The van der Waals surface area contributed by atoms with Gasteiger partial charge in [-0.15, -0.1) is 9.42 Å². The number of rotatable bonds is 11. The van der Waals surface area contributed by atoms with Crippen molar-refractivity contribution in [2.45, 2.75) is 57.5 Å². The molecule has 0 aromatic heterocycles. The van der Waals surface area contributed by atoms with E-state index in [0.29, 0.717) is 12.8 Å². The van der Waals surface area contributed by atoms with Crippen molar-refractivity contribution >= 4 is 20.2 Å². The van der Waals surface area contributed by atoms with Crippen LogP contribution in [0.4, 0.5) is 0 Å². The van der Waals surface area contributed by atoms with Crippen molar-refractivity contribution in [3.63, 3.8) is 0 Å². The minimum atomic E-state index is -2.95. The summed E-state index contributed by atoms with van der Waals surface area (Å²) in [7, 11) is -2.95. The number of unbranched alkanes of at least 4 members (excludes halogenated alkanes) is 4. The zero-order valence-corrected chi connectivity index (χ0v) is 11.8. The molecule has 7 nitrogen and oxygen atoms in total. The number of carbonyl (C=O) groups is 2. The van der Waals surface area contributed by atoms with E-state index in [0.717, 1.165) is 19.3 Å². The van der Waals surface area contributed by atoms with Crippen LogP contribution in [0.3, 0.4) is 0 Å². The van der Waals surface area contributed by atoms with Gasteiger partial charge >= 0.3 is 20.2 Å².